The number of hydrogen-bond donors (Lipinski definition) is 2. The Kier molecular flexibility index (Phi) is 9.56. The van der Waals surface area contributed by atoms with Gasteiger partial charge in [-0.1, -0.05) is 12.1 Å². The number of aromatic nitrogens is 2. The summed E-state index contributed by atoms with van der Waals surface area (Å²) in [6, 6.07) is 12.4. The topological polar surface area (TPSA) is 98.2 Å². The first kappa shape index (κ1) is 30.5. The van der Waals surface area contributed by atoms with Gasteiger partial charge in [0.05, 0.1) is 28.6 Å². The largest absolute Gasteiger partial charge is 0.494 e. The van der Waals surface area contributed by atoms with Gasteiger partial charge in [0.2, 0.25) is 5.95 Å². The lowest BCUT2D eigenvalue weighted by Crippen LogP contribution is -2.52. The van der Waals surface area contributed by atoms with E-state index in [0.29, 0.717) is 33.7 Å². The number of ether oxygens (including phenoxy) is 1. The van der Waals surface area contributed by atoms with E-state index in [4.69, 9.17) is 9.72 Å². The van der Waals surface area contributed by atoms with E-state index in [1.807, 2.05) is 24.3 Å². The zero-order valence-corrected chi connectivity index (χ0v) is 27.5. The molecular formula is C30H41BrN8O2S. The molecule has 0 saturated carbocycles. The third-order valence-electron chi connectivity index (χ3n) is 7.84. The Morgan fingerprint density at radius 2 is 1.74 bits per heavy atom. The lowest BCUT2D eigenvalue weighted by atomic mass is 10.0. The third-order valence-corrected chi connectivity index (χ3v) is 9.06. The lowest BCUT2D eigenvalue weighted by molar-refractivity contribution is 0.0982. The second-order valence-electron chi connectivity index (χ2n) is 11.3. The summed E-state index contributed by atoms with van der Waals surface area (Å²) < 4.78 is 23.2. The Balaban J connectivity index is 1.31. The molecule has 2 aromatic carbocycles. The third kappa shape index (κ3) is 7.52. The molecule has 3 heterocycles. The molecule has 5 rings (SSSR count). The van der Waals surface area contributed by atoms with Gasteiger partial charge in [-0.3, -0.25) is 4.90 Å². The molecule has 42 heavy (non-hydrogen) atoms. The first-order chi connectivity index (χ1) is 20.1. The molecule has 226 valence electrons. The van der Waals surface area contributed by atoms with Gasteiger partial charge in [0, 0.05) is 85.5 Å². The Morgan fingerprint density at radius 1 is 1.02 bits per heavy atom. The number of likely N-dealkylation sites (N-methyl/N-ethyl adjacent to an activating group) is 1. The van der Waals surface area contributed by atoms with Gasteiger partial charge in [0.15, 0.2) is 0 Å². The van der Waals surface area contributed by atoms with Crippen LogP contribution in [0.15, 0.2) is 51.4 Å². The van der Waals surface area contributed by atoms with Gasteiger partial charge in [-0.25, -0.2) is 9.19 Å². The fourth-order valence-electron chi connectivity index (χ4n) is 5.60. The molecule has 0 radical (unpaired) electrons. The molecule has 0 aliphatic carbocycles. The van der Waals surface area contributed by atoms with Gasteiger partial charge in [0.1, 0.15) is 11.6 Å². The van der Waals surface area contributed by atoms with E-state index >= 15 is 0 Å². The molecule has 2 saturated heterocycles. The van der Waals surface area contributed by atoms with Crippen molar-refractivity contribution in [3.63, 3.8) is 0 Å². The highest BCUT2D eigenvalue weighted by Crippen LogP contribution is 2.37. The number of benzene rings is 2. The van der Waals surface area contributed by atoms with Gasteiger partial charge in [-0.15, -0.1) is 0 Å². The van der Waals surface area contributed by atoms with Crippen molar-refractivity contribution in [2.45, 2.75) is 25.8 Å². The number of methoxy groups -OCH3 is 1. The number of rotatable bonds is 8. The lowest BCUT2D eigenvalue weighted by Gasteiger charge is -2.43. The number of nitrogens with one attached hydrogen (secondary N) is 2. The first-order valence-corrected chi connectivity index (χ1v) is 17.4. The molecule has 3 aromatic rings. The van der Waals surface area contributed by atoms with E-state index in [1.54, 1.807) is 25.8 Å². The van der Waals surface area contributed by atoms with Crippen LogP contribution in [-0.4, -0.2) is 96.0 Å². The van der Waals surface area contributed by atoms with Crippen LogP contribution in [0.4, 0.5) is 34.5 Å². The van der Waals surface area contributed by atoms with Crippen molar-refractivity contribution in [3.05, 3.63) is 52.6 Å². The van der Waals surface area contributed by atoms with Crippen LogP contribution in [0.5, 0.6) is 5.75 Å². The predicted molar refractivity (Wildman–Crippen MR) is 177 cm³/mol. The Morgan fingerprint density at radius 3 is 2.43 bits per heavy atom. The summed E-state index contributed by atoms with van der Waals surface area (Å²) in [5.74, 6) is 1.72. The van der Waals surface area contributed by atoms with Crippen LogP contribution in [0.2, 0.25) is 0 Å². The van der Waals surface area contributed by atoms with Crippen LogP contribution in [0.1, 0.15) is 18.4 Å². The normalized spacial score (nSPS) is 17.2. The number of piperidine rings is 1. The number of para-hydroxylation sites is 1. The molecule has 12 heteroatoms. The number of aryl methyl sites for hydroxylation is 1. The van der Waals surface area contributed by atoms with Crippen molar-refractivity contribution >= 4 is 60.2 Å². The van der Waals surface area contributed by atoms with Crippen LogP contribution in [-0.2, 0) is 9.73 Å². The van der Waals surface area contributed by atoms with E-state index in [9.17, 15) is 4.21 Å². The van der Waals surface area contributed by atoms with Gasteiger partial charge in [-0.2, -0.15) is 9.35 Å². The molecule has 2 aliphatic rings. The van der Waals surface area contributed by atoms with Crippen LogP contribution >= 0.6 is 15.9 Å². The fourth-order valence-corrected chi connectivity index (χ4v) is 6.53. The number of hydrogen-bond acceptors (Lipinski definition) is 10. The molecule has 2 fully saturated rings. The minimum absolute atomic E-state index is 0.420. The summed E-state index contributed by atoms with van der Waals surface area (Å²) in [7, 11) is 1.57. The Labute approximate surface area is 258 Å². The molecule has 10 nitrogen and oxygen atoms in total. The van der Waals surface area contributed by atoms with Crippen molar-refractivity contribution in [1.82, 2.24) is 19.8 Å². The highest BCUT2D eigenvalue weighted by molar-refractivity contribution is 9.10. The predicted octanol–water partition coefficient (Wildman–Crippen LogP) is 5.62. The molecule has 0 spiro atoms. The van der Waals surface area contributed by atoms with Crippen LogP contribution in [0, 0.1) is 6.92 Å². The monoisotopic (exact) mass is 656 g/mol. The van der Waals surface area contributed by atoms with Gasteiger partial charge in [-0.05, 0) is 66.5 Å². The van der Waals surface area contributed by atoms with Crippen molar-refractivity contribution < 1.29 is 8.95 Å². The zero-order valence-electron chi connectivity index (χ0n) is 25.1. The van der Waals surface area contributed by atoms with Crippen LogP contribution < -0.4 is 20.3 Å². The molecule has 0 amide bonds. The van der Waals surface area contributed by atoms with E-state index in [0.717, 1.165) is 37.6 Å². The maximum Gasteiger partial charge on any atom is 0.229 e. The van der Waals surface area contributed by atoms with E-state index in [-0.39, 0.29) is 0 Å². The minimum atomic E-state index is -2.33. The smallest absolute Gasteiger partial charge is 0.229 e. The summed E-state index contributed by atoms with van der Waals surface area (Å²) in [5, 5.41) is 6.66. The zero-order chi connectivity index (χ0) is 29.9. The standard InChI is InChI=1S/C30H41BrN8O2S/c1-21-18-26(28(41-3)19-27(21)39-12-10-22(11-13-39)38-16-14-37(2)15-17-38)34-30-32-20-23(31)29(35-30)33-24-8-6-7-9-25(24)36-42(4,5)40/h6-9,18-20,22H,10-17H2,1-5H3,(H2,32,33,34,35). The Hall–Kier alpha value is -2.93. The maximum absolute atomic E-state index is 12.3. The molecular weight excluding hydrogens is 616 g/mol. The van der Waals surface area contributed by atoms with Crippen molar-refractivity contribution in [2.24, 2.45) is 4.36 Å². The second-order valence-corrected chi connectivity index (χ2v) is 14.7. The molecule has 0 unspecified atom stereocenters. The summed E-state index contributed by atoms with van der Waals surface area (Å²) in [4.78, 5) is 16.8. The highest BCUT2D eigenvalue weighted by atomic mass is 79.9. The van der Waals surface area contributed by atoms with E-state index < -0.39 is 9.73 Å². The molecule has 2 aliphatic heterocycles. The molecule has 0 atom stereocenters. The molecule has 1 aromatic heterocycles. The fraction of sp³-hybridized carbons (Fsp3) is 0.467. The SMILES string of the molecule is COc1cc(N2CCC(N3CCN(C)CC3)CC2)c(C)cc1Nc1ncc(Br)c(Nc2ccccc2N=S(C)(C)=O)n1. The highest BCUT2D eigenvalue weighted by Gasteiger charge is 2.27. The minimum Gasteiger partial charge on any atom is -0.494 e. The Bertz CT molecular complexity index is 1520. The van der Waals surface area contributed by atoms with Crippen molar-refractivity contribution in [3.8, 4) is 5.75 Å². The van der Waals surface area contributed by atoms with E-state index in [1.165, 1.54) is 37.2 Å². The number of nitrogens with zero attached hydrogens (tertiary/aromatic N) is 6. The maximum atomic E-state index is 12.3. The summed E-state index contributed by atoms with van der Waals surface area (Å²) in [6.45, 7) is 8.88. The molecule has 2 N–H and O–H groups in total. The average molecular weight is 658 g/mol. The van der Waals surface area contributed by atoms with Crippen molar-refractivity contribution in [1.29, 1.82) is 0 Å². The average Bonchev–Trinajstić information content (AvgIpc) is 2.96. The van der Waals surface area contributed by atoms with E-state index in [2.05, 4.69) is 76.7 Å². The number of piperazine rings is 1. The summed E-state index contributed by atoms with van der Waals surface area (Å²) in [6.07, 6.45) is 7.28. The summed E-state index contributed by atoms with van der Waals surface area (Å²) in [5.41, 5.74) is 4.48. The van der Waals surface area contributed by atoms with Crippen molar-refractivity contribution in [2.75, 3.05) is 81.5 Å². The number of anilines is 5. The van der Waals surface area contributed by atoms with Crippen LogP contribution in [0.3, 0.4) is 0 Å². The first-order valence-electron chi connectivity index (χ1n) is 14.3. The van der Waals surface area contributed by atoms with Crippen LogP contribution in [0.25, 0.3) is 0 Å². The van der Waals surface area contributed by atoms with Gasteiger partial charge in [0.25, 0.3) is 0 Å². The quantitative estimate of drug-likeness (QED) is 0.320. The number of halogens is 1. The summed E-state index contributed by atoms with van der Waals surface area (Å²) >= 11 is 3.55. The van der Waals surface area contributed by atoms with Gasteiger partial charge < -0.3 is 25.2 Å². The van der Waals surface area contributed by atoms with Gasteiger partial charge >= 0.3 is 0 Å². The second kappa shape index (κ2) is 13.2. The molecule has 0 bridgehead atoms.